The monoisotopic (exact) mass is 332 g/mol. The molecule has 0 aliphatic carbocycles. The van der Waals surface area contributed by atoms with Gasteiger partial charge in [0, 0.05) is 12.6 Å². The van der Waals surface area contributed by atoms with Crippen LogP contribution >= 0.6 is 0 Å². The van der Waals surface area contributed by atoms with Crippen LogP contribution in [0.2, 0.25) is 0 Å². The van der Waals surface area contributed by atoms with Gasteiger partial charge in [-0.05, 0) is 56.0 Å². The zero-order valence-corrected chi connectivity index (χ0v) is 15.3. The average molecular weight is 332 g/mol. The summed E-state index contributed by atoms with van der Waals surface area (Å²) in [5.74, 6) is 1.94. The van der Waals surface area contributed by atoms with E-state index in [-0.39, 0.29) is 0 Å². The van der Waals surface area contributed by atoms with Crippen LogP contribution in [0.1, 0.15) is 44.6 Å². The molecule has 2 unspecified atom stereocenters. The lowest BCUT2D eigenvalue weighted by Gasteiger charge is -2.21. The molecule has 5 nitrogen and oxygen atoms in total. The van der Waals surface area contributed by atoms with E-state index in [2.05, 4.69) is 41.2 Å². The van der Waals surface area contributed by atoms with E-state index in [4.69, 9.17) is 10.5 Å². The number of nitrogens with zero attached hydrogens (tertiary/aromatic N) is 2. The first-order chi connectivity index (χ1) is 11.6. The van der Waals surface area contributed by atoms with E-state index >= 15 is 0 Å². The molecule has 1 saturated heterocycles. The number of methoxy groups -OCH3 is 1. The van der Waals surface area contributed by atoms with Gasteiger partial charge in [-0.1, -0.05) is 26.0 Å². The molecule has 134 valence electrons. The van der Waals surface area contributed by atoms with Gasteiger partial charge in [0.15, 0.2) is 5.96 Å². The summed E-state index contributed by atoms with van der Waals surface area (Å²) in [6, 6.07) is 8.83. The normalized spacial score (nSPS) is 20.1. The number of hydrogen-bond donors (Lipinski definition) is 2. The molecular weight excluding hydrogens is 300 g/mol. The fraction of sp³-hybridized carbons (Fsp3) is 0.632. The van der Waals surface area contributed by atoms with Gasteiger partial charge in [0.05, 0.1) is 13.7 Å². The molecule has 0 aromatic heterocycles. The Balaban J connectivity index is 1.71. The van der Waals surface area contributed by atoms with Gasteiger partial charge >= 0.3 is 0 Å². The van der Waals surface area contributed by atoms with Crippen LogP contribution in [0.5, 0.6) is 5.75 Å². The minimum Gasteiger partial charge on any atom is -0.497 e. The SMILES string of the molecule is CCN1CCCC1CN=C(N)NCCC(C)c1ccc(OC)cc1. The maximum atomic E-state index is 6.01. The molecule has 5 heteroatoms. The van der Waals surface area contributed by atoms with Gasteiger partial charge in [-0.3, -0.25) is 9.89 Å². The maximum absolute atomic E-state index is 6.01. The highest BCUT2D eigenvalue weighted by atomic mass is 16.5. The molecule has 1 aliphatic heterocycles. The third kappa shape index (κ3) is 5.41. The number of ether oxygens (including phenoxy) is 1. The molecule has 24 heavy (non-hydrogen) atoms. The largest absolute Gasteiger partial charge is 0.497 e. The van der Waals surface area contributed by atoms with Crippen molar-refractivity contribution in [3.63, 3.8) is 0 Å². The van der Waals surface area contributed by atoms with Crippen molar-refractivity contribution >= 4 is 5.96 Å². The molecule has 1 aromatic carbocycles. The quantitative estimate of drug-likeness (QED) is 0.567. The molecule has 2 rings (SSSR count). The molecule has 1 heterocycles. The zero-order chi connectivity index (χ0) is 17.4. The standard InChI is InChI=1S/C19H32N4O/c1-4-23-13-5-6-17(23)14-22-19(20)21-12-11-15(2)16-7-9-18(24-3)10-8-16/h7-10,15,17H,4-6,11-14H2,1-3H3,(H3,20,21,22). The highest BCUT2D eigenvalue weighted by Gasteiger charge is 2.22. The Morgan fingerprint density at radius 3 is 2.83 bits per heavy atom. The highest BCUT2D eigenvalue weighted by molar-refractivity contribution is 5.77. The Bertz CT molecular complexity index is 515. The van der Waals surface area contributed by atoms with E-state index in [1.807, 2.05) is 12.1 Å². The predicted molar refractivity (Wildman–Crippen MR) is 101 cm³/mol. The van der Waals surface area contributed by atoms with E-state index < -0.39 is 0 Å². The van der Waals surface area contributed by atoms with Crippen LogP contribution in [0.4, 0.5) is 0 Å². The smallest absolute Gasteiger partial charge is 0.188 e. The lowest BCUT2D eigenvalue weighted by Crippen LogP contribution is -2.36. The fourth-order valence-corrected chi connectivity index (χ4v) is 3.29. The first-order valence-corrected chi connectivity index (χ1v) is 9.05. The molecule has 0 spiro atoms. The van der Waals surface area contributed by atoms with Crippen molar-refractivity contribution < 1.29 is 4.74 Å². The average Bonchev–Trinajstić information content (AvgIpc) is 3.07. The van der Waals surface area contributed by atoms with Gasteiger partial charge in [-0.2, -0.15) is 0 Å². The summed E-state index contributed by atoms with van der Waals surface area (Å²) in [6.45, 7) is 8.39. The minimum atomic E-state index is 0.474. The number of likely N-dealkylation sites (tertiary alicyclic amines) is 1. The number of guanidine groups is 1. The van der Waals surface area contributed by atoms with Crippen LogP contribution in [0, 0.1) is 0 Å². The number of hydrogen-bond acceptors (Lipinski definition) is 3. The second kappa shape index (κ2) is 9.52. The van der Waals surface area contributed by atoms with Gasteiger partial charge in [0.25, 0.3) is 0 Å². The van der Waals surface area contributed by atoms with Gasteiger partial charge < -0.3 is 15.8 Å². The third-order valence-corrected chi connectivity index (χ3v) is 4.95. The number of rotatable bonds is 8. The van der Waals surface area contributed by atoms with Crippen LogP contribution in [0.25, 0.3) is 0 Å². The fourth-order valence-electron chi connectivity index (χ4n) is 3.29. The van der Waals surface area contributed by atoms with E-state index in [1.165, 1.54) is 24.9 Å². The van der Waals surface area contributed by atoms with Crippen LogP contribution in [-0.2, 0) is 0 Å². The summed E-state index contributed by atoms with van der Waals surface area (Å²) in [7, 11) is 1.69. The molecule has 0 bridgehead atoms. The van der Waals surface area contributed by atoms with Gasteiger partial charge in [-0.25, -0.2) is 0 Å². The Kier molecular flexibility index (Phi) is 7.37. The Morgan fingerprint density at radius 2 is 2.17 bits per heavy atom. The highest BCUT2D eigenvalue weighted by Crippen LogP contribution is 2.21. The van der Waals surface area contributed by atoms with Crippen molar-refractivity contribution in [2.24, 2.45) is 10.7 Å². The predicted octanol–water partition coefficient (Wildman–Crippen LogP) is 2.58. The number of aliphatic imine (C=N–C) groups is 1. The van der Waals surface area contributed by atoms with E-state index in [0.29, 0.717) is 17.9 Å². The topological polar surface area (TPSA) is 62.9 Å². The Hall–Kier alpha value is -1.75. The van der Waals surface area contributed by atoms with Crippen molar-refractivity contribution in [2.75, 3.05) is 33.3 Å². The van der Waals surface area contributed by atoms with Gasteiger partial charge in [0.1, 0.15) is 5.75 Å². The molecule has 0 saturated carbocycles. The second-order valence-corrected chi connectivity index (χ2v) is 6.54. The van der Waals surface area contributed by atoms with Crippen LogP contribution < -0.4 is 15.8 Å². The Morgan fingerprint density at radius 1 is 1.42 bits per heavy atom. The van der Waals surface area contributed by atoms with Crippen LogP contribution in [0.15, 0.2) is 29.3 Å². The molecule has 1 aromatic rings. The summed E-state index contributed by atoms with van der Waals surface area (Å²) < 4.78 is 5.20. The molecule has 3 N–H and O–H groups in total. The molecular formula is C19H32N4O. The number of nitrogens with one attached hydrogen (secondary N) is 1. The van der Waals surface area contributed by atoms with Crippen molar-refractivity contribution in [1.29, 1.82) is 0 Å². The van der Waals surface area contributed by atoms with Crippen molar-refractivity contribution in [3.05, 3.63) is 29.8 Å². The Labute approximate surface area is 146 Å². The van der Waals surface area contributed by atoms with Crippen molar-refractivity contribution in [1.82, 2.24) is 10.2 Å². The summed E-state index contributed by atoms with van der Waals surface area (Å²) in [5.41, 5.74) is 7.32. The molecule has 1 aliphatic rings. The lowest BCUT2D eigenvalue weighted by molar-refractivity contribution is 0.273. The number of nitrogens with two attached hydrogens (primary N) is 1. The molecule has 1 fully saturated rings. The summed E-state index contributed by atoms with van der Waals surface area (Å²) in [4.78, 5) is 7.01. The maximum Gasteiger partial charge on any atom is 0.188 e. The first kappa shape index (κ1) is 18.6. The summed E-state index contributed by atoms with van der Waals surface area (Å²) in [6.07, 6.45) is 3.53. The first-order valence-electron chi connectivity index (χ1n) is 9.05. The van der Waals surface area contributed by atoms with Crippen LogP contribution in [0.3, 0.4) is 0 Å². The lowest BCUT2D eigenvalue weighted by atomic mass is 9.98. The minimum absolute atomic E-state index is 0.474. The van der Waals surface area contributed by atoms with E-state index in [0.717, 1.165) is 31.8 Å². The van der Waals surface area contributed by atoms with Gasteiger partial charge in [-0.15, -0.1) is 0 Å². The summed E-state index contributed by atoms with van der Waals surface area (Å²) >= 11 is 0. The number of benzene rings is 1. The van der Waals surface area contributed by atoms with Crippen molar-refractivity contribution in [3.8, 4) is 5.75 Å². The number of likely N-dealkylation sites (N-methyl/N-ethyl adjacent to an activating group) is 1. The van der Waals surface area contributed by atoms with E-state index in [1.54, 1.807) is 7.11 Å². The molecule has 0 radical (unpaired) electrons. The molecule has 2 atom stereocenters. The zero-order valence-electron chi connectivity index (χ0n) is 15.3. The molecule has 0 amide bonds. The van der Waals surface area contributed by atoms with Crippen molar-refractivity contribution in [2.45, 2.75) is 45.1 Å². The second-order valence-electron chi connectivity index (χ2n) is 6.54. The van der Waals surface area contributed by atoms with Crippen LogP contribution in [-0.4, -0.2) is 50.2 Å². The third-order valence-electron chi connectivity index (χ3n) is 4.95. The van der Waals surface area contributed by atoms with Gasteiger partial charge in [0.2, 0.25) is 0 Å². The summed E-state index contributed by atoms with van der Waals surface area (Å²) in [5, 5.41) is 3.25. The van der Waals surface area contributed by atoms with E-state index in [9.17, 15) is 0 Å².